The van der Waals surface area contributed by atoms with Gasteiger partial charge >= 0.3 is 5.97 Å². The third-order valence-electron chi connectivity index (χ3n) is 5.84. The molecule has 1 unspecified atom stereocenters. The Labute approximate surface area is 172 Å². The van der Waals surface area contributed by atoms with Crippen molar-refractivity contribution < 1.29 is 19.2 Å². The molecule has 0 bridgehead atoms. The van der Waals surface area contributed by atoms with Gasteiger partial charge in [-0.05, 0) is 67.3 Å². The number of aliphatic carboxylic acids is 1. The number of hydrogen-bond donors (Lipinski definition) is 2. The van der Waals surface area contributed by atoms with Gasteiger partial charge in [-0.3, -0.25) is 4.79 Å². The highest BCUT2D eigenvalue weighted by atomic mass is 16.5. The number of nitrogens with zero attached hydrogens (tertiary/aromatic N) is 2. The largest absolute Gasteiger partial charge is 0.496 e. The summed E-state index contributed by atoms with van der Waals surface area (Å²) in [6.45, 7) is 1.97. The predicted octanol–water partition coefficient (Wildman–Crippen LogP) is 4.71. The molecule has 0 saturated carbocycles. The zero-order valence-corrected chi connectivity index (χ0v) is 16.7. The van der Waals surface area contributed by atoms with Crippen molar-refractivity contribution in [3.8, 4) is 28.6 Å². The van der Waals surface area contributed by atoms with Gasteiger partial charge in [-0.2, -0.15) is 4.98 Å². The number of aromatic amines is 1. The molecule has 0 radical (unpaired) electrons. The van der Waals surface area contributed by atoms with Crippen molar-refractivity contribution in [2.45, 2.75) is 32.1 Å². The number of rotatable bonds is 5. The fourth-order valence-electron chi connectivity index (χ4n) is 4.37. The number of methoxy groups -OCH3 is 1. The Morgan fingerprint density at radius 3 is 2.87 bits per heavy atom. The van der Waals surface area contributed by atoms with Crippen LogP contribution in [0.15, 0.2) is 40.9 Å². The lowest BCUT2D eigenvalue weighted by Crippen LogP contribution is -2.03. The second-order valence-electron chi connectivity index (χ2n) is 7.72. The van der Waals surface area contributed by atoms with Gasteiger partial charge in [-0.15, -0.1) is 0 Å². The summed E-state index contributed by atoms with van der Waals surface area (Å²) in [5, 5.41) is 14.4. The standard InChI is InChI=1S/C23H21N3O4/c1-12-9-15(5-8-19(12)29-2)23-25-22(26-30-23)14-4-7-18-17(10-14)16-6-3-13(11-20(27)28)21(16)24-18/h4-5,7-10,13,24H,3,6,11H2,1-2H3,(H,27,28). The topological polar surface area (TPSA) is 101 Å². The number of nitrogens with one attached hydrogen (secondary N) is 1. The highest BCUT2D eigenvalue weighted by molar-refractivity contribution is 5.89. The number of ether oxygens (including phenoxy) is 1. The lowest BCUT2D eigenvalue weighted by Gasteiger charge is -2.05. The van der Waals surface area contributed by atoms with Crippen molar-refractivity contribution >= 4 is 16.9 Å². The predicted molar refractivity (Wildman–Crippen MR) is 112 cm³/mol. The Kier molecular flexibility index (Phi) is 4.31. The highest BCUT2D eigenvalue weighted by Gasteiger charge is 2.28. The number of fused-ring (bicyclic) bond motifs is 3. The molecule has 1 aliphatic rings. The van der Waals surface area contributed by atoms with E-state index in [2.05, 4.69) is 21.2 Å². The number of carboxylic acid groups (broad SMARTS) is 1. The van der Waals surface area contributed by atoms with Crippen LogP contribution in [0.25, 0.3) is 33.7 Å². The molecule has 4 aromatic rings. The molecule has 5 rings (SSSR count). The van der Waals surface area contributed by atoms with Gasteiger partial charge in [-0.1, -0.05) is 5.16 Å². The van der Waals surface area contributed by atoms with Crippen molar-refractivity contribution in [1.29, 1.82) is 0 Å². The molecule has 30 heavy (non-hydrogen) atoms. The van der Waals surface area contributed by atoms with E-state index in [1.54, 1.807) is 7.11 Å². The Hall–Kier alpha value is -3.61. The van der Waals surface area contributed by atoms with Gasteiger partial charge in [0.15, 0.2) is 0 Å². The molecule has 1 aliphatic carbocycles. The summed E-state index contributed by atoms with van der Waals surface area (Å²) in [5.74, 6) is 1.07. The van der Waals surface area contributed by atoms with Crippen LogP contribution in [0.4, 0.5) is 0 Å². The van der Waals surface area contributed by atoms with Gasteiger partial charge < -0.3 is 19.4 Å². The minimum Gasteiger partial charge on any atom is -0.496 e. The first-order valence-corrected chi connectivity index (χ1v) is 9.89. The van der Waals surface area contributed by atoms with E-state index in [9.17, 15) is 4.79 Å². The fourth-order valence-corrected chi connectivity index (χ4v) is 4.37. The zero-order valence-electron chi connectivity index (χ0n) is 16.7. The first-order chi connectivity index (χ1) is 14.5. The molecule has 2 aromatic carbocycles. The third-order valence-corrected chi connectivity index (χ3v) is 5.84. The SMILES string of the molecule is COc1ccc(-c2nc(-c3ccc4[nH]c5c(c4c3)CCC5CC(=O)O)no2)cc1C. The highest BCUT2D eigenvalue weighted by Crippen LogP contribution is 2.40. The number of carbonyl (C=O) groups is 1. The Morgan fingerprint density at radius 1 is 1.27 bits per heavy atom. The normalized spacial score (nSPS) is 15.5. The number of hydrogen-bond acceptors (Lipinski definition) is 5. The quantitative estimate of drug-likeness (QED) is 0.501. The van der Waals surface area contributed by atoms with Crippen molar-refractivity contribution in [2.24, 2.45) is 0 Å². The van der Waals surface area contributed by atoms with Crippen molar-refractivity contribution in [3.63, 3.8) is 0 Å². The van der Waals surface area contributed by atoms with Crippen molar-refractivity contribution in [2.75, 3.05) is 7.11 Å². The van der Waals surface area contributed by atoms with Crippen LogP contribution >= 0.6 is 0 Å². The maximum Gasteiger partial charge on any atom is 0.304 e. The summed E-state index contributed by atoms with van der Waals surface area (Å²) in [4.78, 5) is 19.1. The van der Waals surface area contributed by atoms with E-state index in [0.29, 0.717) is 11.7 Å². The van der Waals surface area contributed by atoms with E-state index >= 15 is 0 Å². The number of carboxylic acids is 1. The Bertz CT molecular complexity index is 1270. The van der Waals surface area contributed by atoms with Crippen LogP contribution in [0.3, 0.4) is 0 Å². The van der Waals surface area contributed by atoms with E-state index in [1.807, 2.05) is 37.3 Å². The lowest BCUT2D eigenvalue weighted by molar-refractivity contribution is -0.137. The molecular formula is C23H21N3O4. The Morgan fingerprint density at radius 2 is 2.10 bits per heavy atom. The lowest BCUT2D eigenvalue weighted by atomic mass is 10.0. The fraction of sp³-hybridized carbons (Fsp3) is 0.261. The maximum absolute atomic E-state index is 11.1. The Balaban J connectivity index is 1.49. The van der Waals surface area contributed by atoms with Gasteiger partial charge in [0.05, 0.1) is 13.5 Å². The average molecular weight is 403 g/mol. The number of aromatic nitrogens is 3. The first kappa shape index (κ1) is 18.4. The second-order valence-corrected chi connectivity index (χ2v) is 7.72. The number of benzene rings is 2. The molecule has 0 amide bonds. The second kappa shape index (κ2) is 7.02. The third kappa shape index (κ3) is 3.03. The molecule has 2 aromatic heterocycles. The number of H-pyrrole nitrogens is 1. The van der Waals surface area contributed by atoms with Crippen LogP contribution < -0.4 is 4.74 Å². The van der Waals surface area contributed by atoms with Crippen LogP contribution in [0.1, 0.15) is 35.6 Å². The van der Waals surface area contributed by atoms with Gasteiger partial charge in [-0.25, -0.2) is 0 Å². The van der Waals surface area contributed by atoms with Crippen molar-refractivity contribution in [1.82, 2.24) is 15.1 Å². The summed E-state index contributed by atoms with van der Waals surface area (Å²) >= 11 is 0. The molecular weight excluding hydrogens is 382 g/mol. The minimum atomic E-state index is -0.764. The summed E-state index contributed by atoms with van der Waals surface area (Å²) in [6.07, 6.45) is 1.89. The van der Waals surface area contributed by atoms with Crippen LogP contribution in [-0.2, 0) is 11.2 Å². The van der Waals surface area contributed by atoms with E-state index in [0.717, 1.165) is 51.9 Å². The molecule has 0 spiro atoms. The monoisotopic (exact) mass is 403 g/mol. The summed E-state index contributed by atoms with van der Waals surface area (Å²) < 4.78 is 10.8. The molecule has 7 heteroatoms. The molecule has 0 aliphatic heterocycles. The van der Waals surface area contributed by atoms with Crippen molar-refractivity contribution in [3.05, 3.63) is 53.2 Å². The van der Waals surface area contributed by atoms with Crippen LogP contribution in [0.2, 0.25) is 0 Å². The van der Waals surface area contributed by atoms with Crippen LogP contribution in [-0.4, -0.2) is 33.3 Å². The van der Waals surface area contributed by atoms with E-state index in [-0.39, 0.29) is 12.3 Å². The molecule has 7 nitrogen and oxygen atoms in total. The van der Waals surface area contributed by atoms with Gasteiger partial charge in [0.1, 0.15) is 5.75 Å². The molecule has 1 atom stereocenters. The average Bonchev–Trinajstić information content (AvgIpc) is 3.43. The van der Waals surface area contributed by atoms with Crippen LogP contribution in [0.5, 0.6) is 5.75 Å². The number of aryl methyl sites for hydroxylation is 2. The maximum atomic E-state index is 11.1. The van der Waals surface area contributed by atoms with E-state index < -0.39 is 5.97 Å². The summed E-state index contributed by atoms with van der Waals surface area (Å²) in [7, 11) is 1.64. The van der Waals surface area contributed by atoms with E-state index in [1.165, 1.54) is 5.56 Å². The van der Waals surface area contributed by atoms with Gasteiger partial charge in [0, 0.05) is 33.6 Å². The van der Waals surface area contributed by atoms with E-state index in [4.69, 9.17) is 14.4 Å². The molecule has 2 heterocycles. The summed E-state index contributed by atoms with van der Waals surface area (Å²) in [5.41, 5.74) is 5.96. The van der Waals surface area contributed by atoms with Gasteiger partial charge in [0.25, 0.3) is 5.89 Å². The van der Waals surface area contributed by atoms with Crippen LogP contribution in [0, 0.1) is 6.92 Å². The van der Waals surface area contributed by atoms with Gasteiger partial charge in [0.2, 0.25) is 5.82 Å². The zero-order chi connectivity index (χ0) is 20.8. The molecule has 0 fully saturated rings. The minimum absolute atomic E-state index is 0.0449. The molecule has 2 N–H and O–H groups in total. The summed E-state index contributed by atoms with van der Waals surface area (Å²) in [6, 6.07) is 11.7. The first-order valence-electron chi connectivity index (χ1n) is 9.89. The molecule has 0 saturated heterocycles. The molecule has 152 valence electrons. The smallest absolute Gasteiger partial charge is 0.304 e.